The summed E-state index contributed by atoms with van der Waals surface area (Å²) in [7, 11) is -8.94. The Bertz CT molecular complexity index is 764. The molecule has 0 saturated carbocycles. The molecular weight excluding hydrogens is 368 g/mol. The Morgan fingerprint density at radius 3 is 1.32 bits per heavy atom. The van der Waals surface area contributed by atoms with Crippen LogP contribution < -0.4 is 0 Å². The van der Waals surface area contributed by atoms with Crippen molar-refractivity contribution in [2.75, 3.05) is 0 Å². The van der Waals surface area contributed by atoms with Gasteiger partial charge in [0, 0.05) is 10.8 Å². The average Bonchev–Trinajstić information content (AvgIpc) is 2.24. The molecule has 0 radical (unpaired) electrons. The molecule has 0 unspecified atom stereocenters. The summed E-state index contributed by atoms with van der Waals surface area (Å²) in [5, 5.41) is 0.0465. The van der Waals surface area contributed by atoms with Gasteiger partial charge in [-0.05, 0) is 12.1 Å². The third kappa shape index (κ3) is 3.56. The fraction of sp³-hybridized carbons (Fsp3) is 0. The van der Waals surface area contributed by atoms with Crippen molar-refractivity contribution in [1.82, 2.24) is 0 Å². The zero-order chi connectivity index (χ0) is 13.6. The molecule has 0 spiro atoms. The summed E-state index contributed by atoms with van der Waals surface area (Å²) in [6, 6.07) is 7.53. The molecule has 2 aromatic carbocycles. The number of hydrogen-bond donors (Lipinski definition) is 2. The van der Waals surface area contributed by atoms with Crippen LogP contribution in [0.4, 0.5) is 0 Å². The maximum absolute atomic E-state index is 11.2. The SMILES string of the molecule is O=S(=O)(O)c1cccc2c(S(=O)(=O)O)cccc12.[H-].[H-].[Sr+2]. The Kier molecular flexibility index (Phi) is 5.19. The molecule has 2 aromatic rings. The summed E-state index contributed by atoms with van der Waals surface area (Å²) in [5.41, 5.74) is 0. The van der Waals surface area contributed by atoms with E-state index in [1.807, 2.05) is 0 Å². The summed E-state index contributed by atoms with van der Waals surface area (Å²) in [6.07, 6.45) is 0. The first-order valence-electron chi connectivity index (χ1n) is 4.68. The van der Waals surface area contributed by atoms with E-state index < -0.39 is 30.0 Å². The predicted octanol–water partition coefficient (Wildman–Crippen LogP) is 1.18. The van der Waals surface area contributed by atoms with E-state index in [-0.39, 0.29) is 59.1 Å². The van der Waals surface area contributed by atoms with Gasteiger partial charge in [-0.25, -0.2) is 0 Å². The van der Waals surface area contributed by atoms with Crippen LogP contribution in [-0.2, 0) is 20.2 Å². The Hall–Kier alpha value is 0.000519. The van der Waals surface area contributed by atoms with Crippen molar-refractivity contribution in [3.05, 3.63) is 36.4 Å². The van der Waals surface area contributed by atoms with Gasteiger partial charge >= 0.3 is 45.5 Å². The van der Waals surface area contributed by atoms with Crippen molar-refractivity contribution < 1.29 is 28.8 Å². The minimum Gasteiger partial charge on any atom is -1.00 e. The van der Waals surface area contributed by atoms with Gasteiger partial charge in [-0.3, -0.25) is 9.11 Å². The van der Waals surface area contributed by atoms with Gasteiger partial charge in [0.25, 0.3) is 20.2 Å². The normalized spacial score (nSPS) is 12.1. The second kappa shape index (κ2) is 5.78. The summed E-state index contributed by atoms with van der Waals surface area (Å²) < 4.78 is 62.7. The summed E-state index contributed by atoms with van der Waals surface area (Å²) in [6.45, 7) is 0. The standard InChI is InChI=1S/C10H8O6S2.Sr.2H/c11-17(12,13)9-5-1-3-7-8(9)4-2-6-10(7)18(14,15)16;;;/h1-6H,(H,11,12,13)(H,14,15,16);;;/q;+2;2*-1. The minimum atomic E-state index is -4.47. The van der Waals surface area contributed by atoms with E-state index in [2.05, 4.69) is 0 Å². The Labute approximate surface area is 150 Å². The van der Waals surface area contributed by atoms with Crippen LogP contribution in [0.1, 0.15) is 2.85 Å². The fourth-order valence-electron chi connectivity index (χ4n) is 1.70. The van der Waals surface area contributed by atoms with Crippen molar-refractivity contribution in [3.8, 4) is 0 Å². The van der Waals surface area contributed by atoms with Crippen LogP contribution in [0, 0.1) is 0 Å². The molecule has 0 fully saturated rings. The van der Waals surface area contributed by atoms with Crippen molar-refractivity contribution in [3.63, 3.8) is 0 Å². The molecule has 0 heterocycles. The molecule has 0 aliphatic heterocycles. The zero-order valence-electron chi connectivity index (χ0n) is 11.5. The Balaban J connectivity index is 0. The summed E-state index contributed by atoms with van der Waals surface area (Å²) in [4.78, 5) is -0.823. The van der Waals surface area contributed by atoms with Crippen LogP contribution in [0.3, 0.4) is 0 Å². The molecule has 2 N–H and O–H groups in total. The van der Waals surface area contributed by atoms with Gasteiger partial charge in [-0.1, -0.05) is 24.3 Å². The third-order valence-corrected chi connectivity index (χ3v) is 4.22. The zero-order valence-corrected chi connectivity index (χ0v) is 14.6. The van der Waals surface area contributed by atoms with Crippen LogP contribution in [0.2, 0.25) is 0 Å². The molecule has 9 heteroatoms. The smallest absolute Gasteiger partial charge is 1.00 e. The molecule has 0 saturated heterocycles. The Morgan fingerprint density at radius 2 is 1.05 bits per heavy atom. The van der Waals surface area contributed by atoms with Crippen LogP contribution >= 0.6 is 0 Å². The van der Waals surface area contributed by atoms with Crippen LogP contribution in [0.15, 0.2) is 46.2 Å². The molecule has 100 valence electrons. The topological polar surface area (TPSA) is 109 Å². The van der Waals surface area contributed by atoms with Crippen molar-refractivity contribution >= 4 is 76.5 Å². The van der Waals surface area contributed by atoms with E-state index >= 15 is 0 Å². The van der Waals surface area contributed by atoms with E-state index in [9.17, 15) is 16.8 Å². The molecule has 0 atom stereocenters. The van der Waals surface area contributed by atoms with Gasteiger partial charge in [-0.15, -0.1) is 0 Å². The quantitative estimate of drug-likeness (QED) is 0.600. The van der Waals surface area contributed by atoms with E-state index in [1.54, 1.807) is 0 Å². The fourth-order valence-corrected chi connectivity index (χ4v) is 3.12. The summed E-state index contributed by atoms with van der Waals surface area (Å²) >= 11 is 0. The number of hydrogen-bond acceptors (Lipinski definition) is 4. The maximum atomic E-state index is 11.2. The van der Waals surface area contributed by atoms with Gasteiger partial charge in [0.15, 0.2) is 0 Å². The van der Waals surface area contributed by atoms with Gasteiger partial charge < -0.3 is 2.85 Å². The molecule has 0 aliphatic rings. The maximum Gasteiger partial charge on any atom is 2.00 e. The van der Waals surface area contributed by atoms with Gasteiger partial charge in [0.2, 0.25) is 0 Å². The van der Waals surface area contributed by atoms with Gasteiger partial charge in [0.05, 0.1) is 0 Å². The second-order valence-corrected chi connectivity index (χ2v) is 6.34. The second-order valence-electron chi connectivity index (χ2n) is 3.56. The molecule has 19 heavy (non-hydrogen) atoms. The Morgan fingerprint density at radius 1 is 0.737 bits per heavy atom. The first-order chi connectivity index (χ1) is 8.21. The largest absolute Gasteiger partial charge is 2.00 e. The first-order valence-corrected chi connectivity index (χ1v) is 7.56. The van der Waals surface area contributed by atoms with E-state index in [0.29, 0.717) is 0 Å². The van der Waals surface area contributed by atoms with Crippen LogP contribution in [0.5, 0.6) is 0 Å². The predicted molar refractivity (Wildman–Crippen MR) is 71.6 cm³/mol. The van der Waals surface area contributed by atoms with Crippen molar-refractivity contribution in [1.29, 1.82) is 0 Å². The first kappa shape index (κ1) is 17.1. The molecule has 6 nitrogen and oxygen atoms in total. The molecule has 2 rings (SSSR count). The van der Waals surface area contributed by atoms with E-state index in [0.717, 1.165) is 12.1 Å². The number of benzene rings is 2. The third-order valence-electron chi connectivity index (χ3n) is 2.40. The van der Waals surface area contributed by atoms with Gasteiger partial charge in [0.1, 0.15) is 9.79 Å². The molecule has 0 amide bonds. The molecule has 0 aliphatic carbocycles. The summed E-state index contributed by atoms with van der Waals surface area (Å²) in [5.74, 6) is 0. The minimum absolute atomic E-state index is 0. The van der Waals surface area contributed by atoms with Gasteiger partial charge in [-0.2, -0.15) is 16.8 Å². The molecule has 0 aromatic heterocycles. The van der Waals surface area contributed by atoms with Crippen molar-refractivity contribution in [2.45, 2.75) is 9.79 Å². The molecular formula is C10H10O6S2Sr. The van der Waals surface area contributed by atoms with Crippen LogP contribution in [0.25, 0.3) is 10.8 Å². The number of rotatable bonds is 2. The van der Waals surface area contributed by atoms with Crippen molar-refractivity contribution in [2.24, 2.45) is 0 Å². The monoisotopic (exact) mass is 378 g/mol. The average molecular weight is 378 g/mol. The number of fused-ring (bicyclic) bond motifs is 1. The van der Waals surface area contributed by atoms with E-state index in [4.69, 9.17) is 9.11 Å². The van der Waals surface area contributed by atoms with E-state index in [1.165, 1.54) is 24.3 Å². The van der Waals surface area contributed by atoms with Crippen LogP contribution in [-0.4, -0.2) is 71.4 Å². The molecule has 0 bridgehead atoms.